The highest BCUT2D eigenvalue weighted by atomic mass is 16.7. The molecule has 1 aliphatic heterocycles. The van der Waals surface area contributed by atoms with Gasteiger partial charge in [-0.05, 0) is 52.9 Å². The average molecular weight is 292 g/mol. The number of ketones is 1. The third kappa shape index (κ3) is 2.59. The lowest BCUT2D eigenvalue weighted by Gasteiger charge is -2.42. The molecule has 3 heteroatoms. The van der Waals surface area contributed by atoms with Gasteiger partial charge in [-0.15, -0.1) is 0 Å². The first-order valence-corrected chi connectivity index (χ1v) is 8.33. The fourth-order valence-electron chi connectivity index (χ4n) is 4.12. The van der Waals surface area contributed by atoms with Gasteiger partial charge in [0, 0.05) is 11.8 Å². The van der Waals surface area contributed by atoms with Gasteiger partial charge in [0.15, 0.2) is 5.79 Å². The highest BCUT2D eigenvalue weighted by molar-refractivity contribution is 5.91. The molecule has 1 heterocycles. The minimum absolute atomic E-state index is 0.0804. The van der Waals surface area contributed by atoms with Gasteiger partial charge in [-0.3, -0.25) is 4.79 Å². The molecule has 0 aromatic heterocycles. The molecule has 3 rings (SSSR count). The minimum atomic E-state index is -0.461. The first-order valence-electron chi connectivity index (χ1n) is 8.33. The topological polar surface area (TPSA) is 35.5 Å². The van der Waals surface area contributed by atoms with Crippen LogP contribution in [0.2, 0.25) is 0 Å². The summed E-state index contributed by atoms with van der Waals surface area (Å²) < 4.78 is 11.8. The van der Waals surface area contributed by atoms with Crippen LogP contribution in [0.3, 0.4) is 0 Å². The van der Waals surface area contributed by atoms with E-state index in [4.69, 9.17) is 9.47 Å². The van der Waals surface area contributed by atoms with E-state index in [-0.39, 0.29) is 10.8 Å². The maximum atomic E-state index is 12.5. The number of hydrogen-bond donors (Lipinski definition) is 0. The Hall–Kier alpha value is -0.670. The number of rotatable bonds is 4. The molecule has 3 nitrogen and oxygen atoms in total. The summed E-state index contributed by atoms with van der Waals surface area (Å²) in [6.07, 6.45) is 5.82. The van der Waals surface area contributed by atoms with Crippen LogP contribution < -0.4 is 0 Å². The second-order valence-corrected chi connectivity index (χ2v) is 7.84. The molecule has 1 saturated carbocycles. The Balaban J connectivity index is 1.75. The summed E-state index contributed by atoms with van der Waals surface area (Å²) in [5.74, 6) is 0.00591. The zero-order valence-corrected chi connectivity index (χ0v) is 13.9. The van der Waals surface area contributed by atoms with Crippen LogP contribution in [-0.4, -0.2) is 24.8 Å². The predicted octanol–water partition coefficient (Wildman–Crippen LogP) is 4.02. The molecule has 1 spiro atoms. The molecule has 0 aromatic rings. The van der Waals surface area contributed by atoms with E-state index in [9.17, 15) is 4.79 Å². The molecule has 0 N–H and O–H groups in total. The first kappa shape index (κ1) is 15.2. The van der Waals surface area contributed by atoms with Crippen molar-refractivity contribution < 1.29 is 14.3 Å². The molecule has 0 atom stereocenters. The zero-order valence-electron chi connectivity index (χ0n) is 13.9. The van der Waals surface area contributed by atoms with Gasteiger partial charge in [-0.25, -0.2) is 0 Å². The Morgan fingerprint density at radius 3 is 2.29 bits per heavy atom. The predicted molar refractivity (Wildman–Crippen MR) is 81.9 cm³/mol. The quantitative estimate of drug-likeness (QED) is 0.734. The van der Waals surface area contributed by atoms with E-state index in [0.29, 0.717) is 5.78 Å². The zero-order chi connectivity index (χ0) is 15.3. The van der Waals surface area contributed by atoms with Crippen LogP contribution in [-0.2, 0) is 14.3 Å². The Kier molecular flexibility index (Phi) is 3.57. The molecular weight excluding hydrogens is 264 g/mol. The van der Waals surface area contributed by atoms with Gasteiger partial charge >= 0.3 is 0 Å². The SMILES string of the molecule is CCCC(=O)C1(C2=C(C)CC3(COC(C)(C)OC3)C2)CC1. The van der Waals surface area contributed by atoms with E-state index < -0.39 is 5.79 Å². The standard InChI is InChI=1S/C18H28O3/c1-5-6-15(19)18(7-8-18)14-10-17(9-13(14)2)11-20-16(3,4)21-12-17/h5-12H2,1-4H3. The van der Waals surface area contributed by atoms with E-state index in [1.807, 2.05) is 13.8 Å². The van der Waals surface area contributed by atoms with Crippen molar-refractivity contribution >= 4 is 5.78 Å². The van der Waals surface area contributed by atoms with E-state index in [1.54, 1.807) is 0 Å². The Morgan fingerprint density at radius 2 is 1.76 bits per heavy atom. The molecule has 0 bridgehead atoms. The summed E-state index contributed by atoms with van der Waals surface area (Å²) in [4.78, 5) is 12.5. The normalized spacial score (nSPS) is 29.0. The van der Waals surface area contributed by atoms with E-state index in [0.717, 1.165) is 51.7 Å². The minimum Gasteiger partial charge on any atom is -0.350 e. The molecule has 2 aliphatic carbocycles. The summed E-state index contributed by atoms with van der Waals surface area (Å²) >= 11 is 0. The lowest BCUT2D eigenvalue weighted by Crippen LogP contribution is -2.45. The van der Waals surface area contributed by atoms with Gasteiger partial charge in [0.1, 0.15) is 5.78 Å². The molecule has 118 valence electrons. The summed E-state index contributed by atoms with van der Waals surface area (Å²) in [7, 11) is 0. The monoisotopic (exact) mass is 292 g/mol. The van der Waals surface area contributed by atoms with Crippen LogP contribution in [0, 0.1) is 10.8 Å². The van der Waals surface area contributed by atoms with Crippen LogP contribution in [0.25, 0.3) is 0 Å². The molecule has 0 radical (unpaired) electrons. The number of ether oxygens (including phenoxy) is 2. The van der Waals surface area contributed by atoms with Crippen molar-refractivity contribution in [1.29, 1.82) is 0 Å². The lowest BCUT2D eigenvalue weighted by atomic mass is 9.80. The molecule has 0 unspecified atom stereocenters. The fourth-order valence-corrected chi connectivity index (χ4v) is 4.12. The summed E-state index contributed by atoms with van der Waals surface area (Å²) in [6.45, 7) is 9.75. The molecule has 2 fully saturated rings. The van der Waals surface area contributed by atoms with Crippen molar-refractivity contribution in [3.8, 4) is 0 Å². The van der Waals surface area contributed by atoms with Gasteiger partial charge in [0.05, 0.1) is 18.6 Å². The van der Waals surface area contributed by atoms with Crippen molar-refractivity contribution in [3.63, 3.8) is 0 Å². The summed E-state index contributed by atoms with van der Waals surface area (Å²) in [5.41, 5.74) is 2.82. The number of hydrogen-bond acceptors (Lipinski definition) is 3. The van der Waals surface area contributed by atoms with Crippen molar-refractivity contribution in [2.45, 2.75) is 72.0 Å². The van der Waals surface area contributed by atoms with Gasteiger partial charge in [-0.1, -0.05) is 18.1 Å². The number of allylic oxidation sites excluding steroid dienone is 2. The third-order valence-corrected chi connectivity index (χ3v) is 5.50. The maximum Gasteiger partial charge on any atom is 0.162 e. The first-order chi connectivity index (χ1) is 9.83. The third-order valence-electron chi connectivity index (χ3n) is 5.50. The molecule has 0 amide bonds. The van der Waals surface area contributed by atoms with Crippen molar-refractivity contribution in [3.05, 3.63) is 11.1 Å². The van der Waals surface area contributed by atoms with Gasteiger partial charge < -0.3 is 9.47 Å². The highest BCUT2D eigenvalue weighted by Gasteiger charge is 2.56. The average Bonchev–Trinajstić information content (AvgIpc) is 3.15. The fraction of sp³-hybridized carbons (Fsp3) is 0.833. The van der Waals surface area contributed by atoms with Crippen LogP contribution in [0.1, 0.15) is 66.2 Å². The summed E-state index contributed by atoms with van der Waals surface area (Å²) in [5, 5.41) is 0. The largest absolute Gasteiger partial charge is 0.350 e. The molecule has 21 heavy (non-hydrogen) atoms. The van der Waals surface area contributed by atoms with Gasteiger partial charge in [0.2, 0.25) is 0 Å². The summed E-state index contributed by atoms with van der Waals surface area (Å²) in [6, 6.07) is 0. The highest BCUT2D eigenvalue weighted by Crippen LogP contribution is 2.61. The van der Waals surface area contributed by atoms with E-state index in [2.05, 4.69) is 13.8 Å². The second-order valence-electron chi connectivity index (χ2n) is 7.84. The van der Waals surface area contributed by atoms with Crippen LogP contribution >= 0.6 is 0 Å². The molecule has 3 aliphatic rings. The van der Waals surface area contributed by atoms with Crippen molar-refractivity contribution in [1.82, 2.24) is 0 Å². The maximum absolute atomic E-state index is 12.5. The number of carbonyl (C=O) groups is 1. The molecule has 0 aromatic carbocycles. The van der Waals surface area contributed by atoms with Gasteiger partial charge in [0.25, 0.3) is 0 Å². The number of Topliss-reactive ketones (excluding diaryl/α,β-unsaturated/α-hetero) is 1. The van der Waals surface area contributed by atoms with Gasteiger partial charge in [-0.2, -0.15) is 0 Å². The molecule has 1 saturated heterocycles. The Morgan fingerprint density at radius 1 is 1.14 bits per heavy atom. The van der Waals surface area contributed by atoms with Crippen LogP contribution in [0.4, 0.5) is 0 Å². The van der Waals surface area contributed by atoms with E-state index >= 15 is 0 Å². The van der Waals surface area contributed by atoms with Crippen LogP contribution in [0.5, 0.6) is 0 Å². The number of carbonyl (C=O) groups excluding carboxylic acids is 1. The Labute approximate surface area is 128 Å². The Bertz CT molecular complexity index is 473. The molecular formula is C18H28O3. The van der Waals surface area contributed by atoms with Crippen molar-refractivity contribution in [2.24, 2.45) is 10.8 Å². The second kappa shape index (κ2) is 4.92. The van der Waals surface area contributed by atoms with Crippen molar-refractivity contribution in [2.75, 3.05) is 13.2 Å². The van der Waals surface area contributed by atoms with Crippen LogP contribution in [0.15, 0.2) is 11.1 Å². The smallest absolute Gasteiger partial charge is 0.162 e. The lowest BCUT2D eigenvalue weighted by molar-refractivity contribution is -0.283. The van der Waals surface area contributed by atoms with E-state index in [1.165, 1.54) is 11.1 Å².